The molecule has 2 aliphatic rings. The van der Waals surface area contributed by atoms with Gasteiger partial charge in [-0.1, -0.05) is 30.4 Å². The number of fused-ring (bicyclic) bond motifs is 1. The van der Waals surface area contributed by atoms with Gasteiger partial charge in [-0.25, -0.2) is 0 Å². The Morgan fingerprint density at radius 1 is 1.36 bits per heavy atom. The van der Waals surface area contributed by atoms with Gasteiger partial charge < -0.3 is 10.1 Å². The Morgan fingerprint density at radius 3 is 3.09 bits per heavy atom. The molecular weight excluding hydrogens is 276 g/mol. The van der Waals surface area contributed by atoms with Gasteiger partial charge in [-0.2, -0.15) is 0 Å². The normalized spacial score (nSPS) is 25.8. The second kappa shape index (κ2) is 6.97. The van der Waals surface area contributed by atoms with Crippen molar-refractivity contribution >= 4 is 12.0 Å². The zero-order chi connectivity index (χ0) is 15.4. The first-order valence-electron chi connectivity index (χ1n) is 8.11. The van der Waals surface area contributed by atoms with Crippen LogP contribution in [-0.4, -0.2) is 43.1 Å². The average Bonchev–Trinajstić information content (AvgIpc) is 2.79. The molecule has 0 radical (unpaired) electrons. The van der Waals surface area contributed by atoms with Gasteiger partial charge in [-0.15, -0.1) is 0 Å². The van der Waals surface area contributed by atoms with E-state index in [0.29, 0.717) is 18.5 Å². The number of likely N-dealkylation sites (tertiary alicyclic amines) is 1. The van der Waals surface area contributed by atoms with Crippen molar-refractivity contribution < 1.29 is 9.53 Å². The Labute approximate surface area is 132 Å². The highest BCUT2D eigenvalue weighted by Crippen LogP contribution is 2.25. The number of methoxy groups -OCH3 is 1. The number of para-hydroxylation sites is 1. The topological polar surface area (TPSA) is 41.6 Å². The highest BCUT2D eigenvalue weighted by molar-refractivity contribution is 5.76. The molecule has 1 aromatic rings. The fourth-order valence-electron chi connectivity index (χ4n) is 3.57. The molecule has 0 spiro atoms. The van der Waals surface area contributed by atoms with E-state index in [-0.39, 0.29) is 5.91 Å². The quantitative estimate of drug-likeness (QED) is 0.928. The Balaban J connectivity index is 1.62. The number of hydrogen-bond acceptors (Lipinski definition) is 3. The van der Waals surface area contributed by atoms with Gasteiger partial charge in [0.2, 0.25) is 5.91 Å². The summed E-state index contributed by atoms with van der Waals surface area (Å²) in [6, 6.07) is 8.88. The zero-order valence-corrected chi connectivity index (χ0v) is 13.1. The number of carbonyl (C=O) groups is 1. The zero-order valence-electron chi connectivity index (χ0n) is 13.1. The maximum Gasteiger partial charge on any atom is 0.220 e. The van der Waals surface area contributed by atoms with Crippen molar-refractivity contribution in [2.75, 3.05) is 20.2 Å². The number of amides is 1. The van der Waals surface area contributed by atoms with E-state index in [1.807, 2.05) is 18.2 Å². The Kier molecular flexibility index (Phi) is 4.78. The smallest absolute Gasteiger partial charge is 0.220 e. The molecule has 4 nitrogen and oxygen atoms in total. The molecule has 2 atom stereocenters. The second-order valence-electron chi connectivity index (χ2n) is 6.06. The molecule has 1 N–H and O–H groups in total. The molecular formula is C18H24N2O2. The van der Waals surface area contributed by atoms with E-state index in [2.05, 4.69) is 28.4 Å². The molecule has 22 heavy (non-hydrogen) atoms. The second-order valence-corrected chi connectivity index (χ2v) is 6.06. The molecule has 1 amide bonds. The first-order chi connectivity index (χ1) is 10.8. The summed E-state index contributed by atoms with van der Waals surface area (Å²) in [7, 11) is 1.70. The lowest BCUT2D eigenvalue weighted by Crippen LogP contribution is -2.42. The third-order valence-corrected chi connectivity index (χ3v) is 4.69. The lowest BCUT2D eigenvalue weighted by Gasteiger charge is -2.25. The summed E-state index contributed by atoms with van der Waals surface area (Å²) in [5, 5.41) is 3.17. The van der Waals surface area contributed by atoms with Gasteiger partial charge in [-0.3, -0.25) is 9.69 Å². The van der Waals surface area contributed by atoms with Crippen LogP contribution in [0.3, 0.4) is 0 Å². The van der Waals surface area contributed by atoms with Crippen molar-refractivity contribution in [1.82, 2.24) is 10.2 Å². The molecule has 2 fully saturated rings. The van der Waals surface area contributed by atoms with Crippen molar-refractivity contribution in [3.05, 3.63) is 35.9 Å². The monoisotopic (exact) mass is 300 g/mol. The molecule has 118 valence electrons. The van der Waals surface area contributed by atoms with Crippen LogP contribution in [0, 0.1) is 0 Å². The van der Waals surface area contributed by atoms with E-state index in [1.165, 1.54) is 0 Å². The summed E-state index contributed by atoms with van der Waals surface area (Å²) in [6.07, 6.45) is 8.19. The number of rotatable bonds is 4. The third kappa shape index (κ3) is 3.33. The molecule has 2 saturated heterocycles. The van der Waals surface area contributed by atoms with Crippen molar-refractivity contribution in [2.24, 2.45) is 0 Å². The van der Waals surface area contributed by atoms with Crippen LogP contribution < -0.4 is 10.1 Å². The SMILES string of the molecule is COc1ccccc1/C=C/CN1CC[C@H]2NC(=O)CCC[C@H]21. The standard InChI is InChI=1S/C18H24N2O2/c1-22-17-9-3-2-6-14(17)7-5-12-20-13-11-15-16(20)8-4-10-18(21)19-15/h2-3,5-7,9,15-16H,4,8,10-13H2,1H3,(H,19,21)/b7-5+/t15-,16-/m1/s1. The number of ether oxygens (including phenoxy) is 1. The molecule has 1 aromatic carbocycles. The van der Waals surface area contributed by atoms with Crippen LogP contribution in [0.5, 0.6) is 5.75 Å². The summed E-state index contributed by atoms with van der Waals surface area (Å²) >= 11 is 0. The average molecular weight is 300 g/mol. The van der Waals surface area contributed by atoms with Gasteiger partial charge in [0.05, 0.1) is 7.11 Å². The van der Waals surface area contributed by atoms with Gasteiger partial charge in [0.1, 0.15) is 5.75 Å². The van der Waals surface area contributed by atoms with Crippen LogP contribution in [-0.2, 0) is 4.79 Å². The fourth-order valence-corrected chi connectivity index (χ4v) is 3.57. The maximum absolute atomic E-state index is 11.6. The molecule has 2 aliphatic heterocycles. The van der Waals surface area contributed by atoms with Gasteiger partial charge in [0.15, 0.2) is 0 Å². The van der Waals surface area contributed by atoms with Crippen LogP contribution in [0.2, 0.25) is 0 Å². The highest BCUT2D eigenvalue weighted by Gasteiger charge is 2.35. The van der Waals surface area contributed by atoms with Crippen LogP contribution in [0.4, 0.5) is 0 Å². The van der Waals surface area contributed by atoms with Crippen molar-refractivity contribution in [2.45, 2.75) is 37.8 Å². The van der Waals surface area contributed by atoms with Crippen molar-refractivity contribution in [1.29, 1.82) is 0 Å². The maximum atomic E-state index is 11.6. The Hall–Kier alpha value is -1.81. The lowest BCUT2D eigenvalue weighted by molar-refractivity contribution is -0.121. The van der Waals surface area contributed by atoms with Crippen LogP contribution >= 0.6 is 0 Å². The molecule has 0 saturated carbocycles. The summed E-state index contributed by atoms with van der Waals surface area (Å²) < 4.78 is 5.37. The van der Waals surface area contributed by atoms with Crippen LogP contribution in [0.15, 0.2) is 30.3 Å². The molecule has 0 aromatic heterocycles. The number of hydrogen-bond donors (Lipinski definition) is 1. The number of carbonyl (C=O) groups excluding carboxylic acids is 1. The highest BCUT2D eigenvalue weighted by atomic mass is 16.5. The van der Waals surface area contributed by atoms with E-state index in [4.69, 9.17) is 4.74 Å². The molecule has 3 rings (SSSR count). The third-order valence-electron chi connectivity index (χ3n) is 4.69. The largest absolute Gasteiger partial charge is 0.496 e. The van der Waals surface area contributed by atoms with Gasteiger partial charge in [-0.05, 0) is 25.3 Å². The molecule has 2 heterocycles. The number of nitrogens with one attached hydrogen (secondary N) is 1. The summed E-state index contributed by atoms with van der Waals surface area (Å²) in [5.41, 5.74) is 1.11. The molecule has 0 bridgehead atoms. The molecule has 4 heteroatoms. The van der Waals surface area contributed by atoms with E-state index in [0.717, 1.165) is 43.7 Å². The summed E-state index contributed by atoms with van der Waals surface area (Å²) in [4.78, 5) is 14.1. The predicted octanol–water partition coefficient (Wildman–Crippen LogP) is 2.45. The fraction of sp³-hybridized carbons (Fsp3) is 0.500. The van der Waals surface area contributed by atoms with Gasteiger partial charge in [0.25, 0.3) is 0 Å². The minimum absolute atomic E-state index is 0.221. The predicted molar refractivity (Wildman–Crippen MR) is 87.8 cm³/mol. The Bertz CT molecular complexity index is 556. The minimum Gasteiger partial charge on any atom is -0.496 e. The lowest BCUT2D eigenvalue weighted by atomic mass is 10.1. The van der Waals surface area contributed by atoms with E-state index in [1.54, 1.807) is 7.11 Å². The minimum atomic E-state index is 0.221. The van der Waals surface area contributed by atoms with Crippen molar-refractivity contribution in [3.8, 4) is 5.75 Å². The van der Waals surface area contributed by atoms with Gasteiger partial charge >= 0.3 is 0 Å². The van der Waals surface area contributed by atoms with E-state index < -0.39 is 0 Å². The van der Waals surface area contributed by atoms with Crippen molar-refractivity contribution in [3.63, 3.8) is 0 Å². The Morgan fingerprint density at radius 2 is 2.23 bits per heavy atom. The first kappa shape index (κ1) is 15.1. The first-order valence-corrected chi connectivity index (χ1v) is 8.11. The summed E-state index contributed by atoms with van der Waals surface area (Å²) in [6.45, 7) is 1.99. The van der Waals surface area contributed by atoms with Crippen LogP contribution in [0.1, 0.15) is 31.2 Å². The van der Waals surface area contributed by atoms with E-state index >= 15 is 0 Å². The molecule has 0 aliphatic carbocycles. The van der Waals surface area contributed by atoms with E-state index in [9.17, 15) is 4.79 Å². The number of benzene rings is 1. The molecule has 0 unspecified atom stereocenters. The summed E-state index contributed by atoms with van der Waals surface area (Å²) in [5.74, 6) is 1.12. The number of nitrogens with zero attached hydrogens (tertiary/aromatic N) is 1. The van der Waals surface area contributed by atoms with Crippen LogP contribution in [0.25, 0.3) is 6.08 Å². The van der Waals surface area contributed by atoms with Gasteiger partial charge in [0, 0.05) is 37.2 Å².